The van der Waals surface area contributed by atoms with Crippen molar-refractivity contribution in [3.8, 4) is 17.6 Å². The number of carbonyl (C=O) groups is 1. The van der Waals surface area contributed by atoms with Crippen LogP contribution >= 0.6 is 0 Å². The molecule has 0 saturated heterocycles. The van der Waals surface area contributed by atoms with E-state index in [1.807, 2.05) is 30.3 Å². The Hall–Kier alpha value is -2.29. The SMILES string of the molecule is CC1C(=CCCC(=O)O)[C@]2(C)CC[C@H](O)[C@@H](C#CC(O)COc3ccccc3)[C@H]12. The van der Waals surface area contributed by atoms with E-state index in [2.05, 4.69) is 31.8 Å². The van der Waals surface area contributed by atoms with E-state index in [0.717, 1.165) is 6.42 Å². The first-order valence-corrected chi connectivity index (χ1v) is 10.3. The van der Waals surface area contributed by atoms with Crippen LogP contribution in [0.5, 0.6) is 5.75 Å². The Morgan fingerprint density at radius 2 is 2.10 bits per heavy atom. The number of benzene rings is 1. The average Bonchev–Trinajstić information content (AvgIpc) is 2.70. The molecule has 156 valence electrons. The topological polar surface area (TPSA) is 87.0 Å². The standard InChI is InChI=1S/C24H30O5/c1-16-20(9-6-10-22(27)28)24(2)14-13-21(26)19(23(16)24)12-11-17(25)15-29-18-7-4-3-5-8-18/h3-5,7-9,16-17,19,21,23,25-26H,6,10,13-15H2,1-2H3,(H,27,28)/t16?,17?,19-,21+,23+,24+/m1/s1. The number of fused-ring (bicyclic) bond motifs is 1. The molecule has 3 rings (SSSR count). The van der Waals surface area contributed by atoms with Crippen LogP contribution in [0.1, 0.15) is 39.5 Å². The van der Waals surface area contributed by atoms with Gasteiger partial charge in [0.15, 0.2) is 0 Å². The maximum atomic E-state index is 10.8. The number of aliphatic hydroxyl groups excluding tert-OH is 2. The van der Waals surface area contributed by atoms with Crippen LogP contribution in [-0.2, 0) is 4.79 Å². The quantitative estimate of drug-likeness (QED) is 0.506. The molecule has 0 bridgehead atoms. The molecule has 0 heterocycles. The second-order valence-corrected chi connectivity index (χ2v) is 8.38. The summed E-state index contributed by atoms with van der Waals surface area (Å²) in [6.45, 7) is 4.40. The van der Waals surface area contributed by atoms with Gasteiger partial charge in [-0.05, 0) is 48.6 Å². The summed E-state index contributed by atoms with van der Waals surface area (Å²) in [5.74, 6) is 6.16. The summed E-state index contributed by atoms with van der Waals surface area (Å²) in [4.78, 5) is 10.8. The molecule has 0 aromatic heterocycles. The van der Waals surface area contributed by atoms with Crippen molar-refractivity contribution in [2.75, 3.05) is 6.61 Å². The van der Waals surface area contributed by atoms with E-state index in [9.17, 15) is 15.0 Å². The van der Waals surface area contributed by atoms with Gasteiger partial charge in [-0.15, -0.1) is 0 Å². The number of carboxylic acid groups (broad SMARTS) is 1. The van der Waals surface area contributed by atoms with Crippen molar-refractivity contribution < 1.29 is 24.9 Å². The van der Waals surface area contributed by atoms with Gasteiger partial charge in [0, 0.05) is 6.42 Å². The molecule has 0 aliphatic heterocycles. The molecule has 1 aromatic carbocycles. The van der Waals surface area contributed by atoms with Gasteiger partial charge in [-0.3, -0.25) is 4.79 Å². The molecule has 2 aliphatic rings. The third-order valence-corrected chi connectivity index (χ3v) is 6.48. The van der Waals surface area contributed by atoms with Crippen LogP contribution in [-0.4, -0.2) is 40.1 Å². The number of hydrogen-bond donors (Lipinski definition) is 3. The predicted molar refractivity (Wildman–Crippen MR) is 110 cm³/mol. The van der Waals surface area contributed by atoms with Crippen LogP contribution in [0, 0.1) is 35.0 Å². The number of ether oxygens (including phenoxy) is 1. The largest absolute Gasteiger partial charge is 0.490 e. The van der Waals surface area contributed by atoms with E-state index in [4.69, 9.17) is 9.84 Å². The van der Waals surface area contributed by atoms with Gasteiger partial charge < -0.3 is 20.1 Å². The molecule has 2 saturated carbocycles. The summed E-state index contributed by atoms with van der Waals surface area (Å²) in [6, 6.07) is 9.28. The minimum atomic E-state index is -0.920. The first kappa shape index (κ1) is 21.4. The number of aliphatic carboxylic acids is 1. The molecule has 0 amide bonds. The maximum absolute atomic E-state index is 10.8. The second kappa shape index (κ2) is 9.02. The first-order chi connectivity index (χ1) is 13.8. The summed E-state index contributed by atoms with van der Waals surface area (Å²) < 4.78 is 5.55. The minimum absolute atomic E-state index is 0.0536. The molecule has 6 atom stereocenters. The molecule has 29 heavy (non-hydrogen) atoms. The molecular formula is C24H30O5. The average molecular weight is 398 g/mol. The lowest BCUT2D eigenvalue weighted by Crippen LogP contribution is -2.56. The molecule has 2 unspecified atom stereocenters. The lowest BCUT2D eigenvalue weighted by atomic mass is 9.43. The highest BCUT2D eigenvalue weighted by Crippen LogP contribution is 2.64. The van der Waals surface area contributed by atoms with E-state index in [1.165, 1.54) is 5.57 Å². The van der Waals surface area contributed by atoms with Crippen molar-refractivity contribution >= 4 is 5.97 Å². The zero-order chi connectivity index (χ0) is 21.0. The summed E-state index contributed by atoms with van der Waals surface area (Å²) >= 11 is 0. The fraction of sp³-hybridized carbons (Fsp3) is 0.542. The zero-order valence-corrected chi connectivity index (χ0v) is 17.0. The van der Waals surface area contributed by atoms with E-state index in [-0.39, 0.29) is 36.2 Å². The van der Waals surface area contributed by atoms with Gasteiger partial charge in [0.25, 0.3) is 0 Å². The zero-order valence-electron chi connectivity index (χ0n) is 17.0. The van der Waals surface area contributed by atoms with Crippen molar-refractivity contribution in [2.45, 2.75) is 51.7 Å². The van der Waals surface area contributed by atoms with Crippen molar-refractivity contribution in [1.82, 2.24) is 0 Å². The number of carboxylic acids is 1. The fourth-order valence-electron chi connectivity index (χ4n) is 5.13. The van der Waals surface area contributed by atoms with Crippen LogP contribution in [0.4, 0.5) is 0 Å². The summed E-state index contributed by atoms with van der Waals surface area (Å²) in [5.41, 5.74) is 1.23. The Bertz CT molecular complexity index is 806. The highest BCUT2D eigenvalue weighted by Gasteiger charge is 2.58. The molecular weight excluding hydrogens is 368 g/mol. The number of allylic oxidation sites excluding steroid dienone is 2. The van der Waals surface area contributed by atoms with Gasteiger partial charge in [-0.1, -0.05) is 55.5 Å². The molecule has 3 N–H and O–H groups in total. The number of para-hydroxylation sites is 1. The Morgan fingerprint density at radius 3 is 2.79 bits per heavy atom. The van der Waals surface area contributed by atoms with E-state index in [1.54, 1.807) is 0 Å². The maximum Gasteiger partial charge on any atom is 0.303 e. The van der Waals surface area contributed by atoms with E-state index >= 15 is 0 Å². The van der Waals surface area contributed by atoms with Gasteiger partial charge in [-0.25, -0.2) is 0 Å². The van der Waals surface area contributed by atoms with Gasteiger partial charge in [0.1, 0.15) is 18.5 Å². The summed E-state index contributed by atoms with van der Waals surface area (Å²) in [6.07, 6.45) is 2.84. The molecule has 2 aliphatic carbocycles. The van der Waals surface area contributed by atoms with Crippen LogP contribution in [0.2, 0.25) is 0 Å². The van der Waals surface area contributed by atoms with Gasteiger partial charge in [0.2, 0.25) is 0 Å². The summed E-state index contributed by atoms with van der Waals surface area (Å²) in [7, 11) is 0. The Morgan fingerprint density at radius 1 is 1.38 bits per heavy atom. The highest BCUT2D eigenvalue weighted by molar-refractivity contribution is 5.66. The predicted octanol–water partition coefficient (Wildman–Crippen LogP) is 3.26. The van der Waals surface area contributed by atoms with Crippen molar-refractivity contribution in [1.29, 1.82) is 0 Å². The van der Waals surface area contributed by atoms with Crippen LogP contribution < -0.4 is 4.74 Å². The molecule has 0 radical (unpaired) electrons. The Labute approximate surface area is 172 Å². The molecule has 5 heteroatoms. The first-order valence-electron chi connectivity index (χ1n) is 10.3. The Balaban J connectivity index is 1.65. The Kier molecular flexibility index (Phi) is 6.66. The van der Waals surface area contributed by atoms with E-state index < -0.39 is 18.2 Å². The van der Waals surface area contributed by atoms with Gasteiger partial charge in [-0.2, -0.15) is 0 Å². The van der Waals surface area contributed by atoms with Gasteiger partial charge >= 0.3 is 5.97 Å². The van der Waals surface area contributed by atoms with Crippen molar-refractivity contribution in [3.63, 3.8) is 0 Å². The molecule has 1 aromatic rings. The second-order valence-electron chi connectivity index (χ2n) is 8.38. The minimum Gasteiger partial charge on any atom is -0.490 e. The third-order valence-electron chi connectivity index (χ3n) is 6.48. The van der Waals surface area contributed by atoms with Crippen LogP contribution in [0.15, 0.2) is 42.0 Å². The normalized spacial score (nSPS) is 33.0. The number of aliphatic hydroxyl groups is 2. The summed E-state index contributed by atoms with van der Waals surface area (Å²) in [5, 5.41) is 29.6. The molecule has 2 fully saturated rings. The lowest BCUT2D eigenvalue weighted by Gasteiger charge is -2.61. The monoisotopic (exact) mass is 398 g/mol. The van der Waals surface area contributed by atoms with Crippen molar-refractivity contribution in [3.05, 3.63) is 42.0 Å². The smallest absolute Gasteiger partial charge is 0.303 e. The lowest BCUT2D eigenvalue weighted by molar-refractivity contribution is -0.136. The third kappa shape index (κ3) is 4.66. The number of hydrogen-bond acceptors (Lipinski definition) is 4. The van der Waals surface area contributed by atoms with Gasteiger partial charge in [0.05, 0.1) is 12.0 Å². The highest BCUT2D eigenvalue weighted by atomic mass is 16.5. The molecule has 5 nitrogen and oxygen atoms in total. The van der Waals surface area contributed by atoms with Crippen molar-refractivity contribution in [2.24, 2.45) is 23.2 Å². The van der Waals surface area contributed by atoms with Crippen LogP contribution in [0.3, 0.4) is 0 Å². The van der Waals surface area contributed by atoms with E-state index in [0.29, 0.717) is 18.6 Å². The van der Waals surface area contributed by atoms with Crippen LogP contribution in [0.25, 0.3) is 0 Å². The fourth-order valence-corrected chi connectivity index (χ4v) is 5.13. The number of rotatable bonds is 6. The molecule has 0 spiro atoms.